The van der Waals surface area contributed by atoms with Crippen LogP contribution in [-0.4, -0.2) is 79.1 Å². The minimum Gasteiger partial charge on any atom is -0.376 e. The van der Waals surface area contributed by atoms with Gasteiger partial charge >= 0.3 is 6.03 Å². The van der Waals surface area contributed by atoms with E-state index in [9.17, 15) is 14.4 Å². The summed E-state index contributed by atoms with van der Waals surface area (Å²) < 4.78 is 5.53. The molecule has 0 saturated carbocycles. The number of anilines is 1. The summed E-state index contributed by atoms with van der Waals surface area (Å²) in [6.45, 7) is 3.33. The van der Waals surface area contributed by atoms with Gasteiger partial charge in [-0.25, -0.2) is 9.69 Å². The second kappa shape index (κ2) is 8.92. The van der Waals surface area contributed by atoms with E-state index in [0.29, 0.717) is 18.8 Å². The number of carbonyl (C=O) groups excluding carboxylic acids is 3. The second-order valence-corrected chi connectivity index (χ2v) is 7.92. The Balaban J connectivity index is 1.24. The van der Waals surface area contributed by atoms with Gasteiger partial charge in [0.1, 0.15) is 6.54 Å². The van der Waals surface area contributed by atoms with Crippen molar-refractivity contribution >= 4 is 23.5 Å². The van der Waals surface area contributed by atoms with E-state index in [-0.39, 0.29) is 36.5 Å². The predicted molar refractivity (Wildman–Crippen MR) is 107 cm³/mol. The zero-order valence-electron chi connectivity index (χ0n) is 16.6. The summed E-state index contributed by atoms with van der Waals surface area (Å²) in [6, 6.07) is 8.84. The van der Waals surface area contributed by atoms with Crippen LogP contribution < -0.4 is 10.2 Å². The highest BCUT2D eigenvalue weighted by Gasteiger charge is 2.41. The van der Waals surface area contributed by atoms with Crippen molar-refractivity contribution in [1.82, 2.24) is 15.1 Å². The Morgan fingerprint density at radius 1 is 1.10 bits per heavy atom. The van der Waals surface area contributed by atoms with Crippen molar-refractivity contribution in [1.29, 1.82) is 0 Å². The Morgan fingerprint density at radius 2 is 1.86 bits per heavy atom. The van der Waals surface area contributed by atoms with Crippen LogP contribution in [0.4, 0.5) is 10.5 Å². The van der Waals surface area contributed by atoms with Gasteiger partial charge in [-0.2, -0.15) is 0 Å². The molecule has 4 amide bonds. The molecule has 0 aromatic heterocycles. The summed E-state index contributed by atoms with van der Waals surface area (Å²) in [5.41, 5.74) is 0.616. The van der Waals surface area contributed by atoms with E-state index in [0.717, 1.165) is 45.4 Å². The molecule has 1 N–H and O–H groups in total. The fraction of sp³-hybridized carbons (Fsp3) is 0.571. The number of ether oxygens (including phenoxy) is 1. The maximum Gasteiger partial charge on any atom is 0.332 e. The van der Waals surface area contributed by atoms with Crippen molar-refractivity contribution in [2.45, 2.75) is 37.8 Å². The number of nitrogens with one attached hydrogen (secondary N) is 1. The molecule has 1 atom stereocenters. The van der Waals surface area contributed by atoms with Crippen molar-refractivity contribution in [3.8, 4) is 0 Å². The molecule has 1 unspecified atom stereocenters. The highest BCUT2D eigenvalue weighted by Crippen LogP contribution is 2.26. The second-order valence-electron chi connectivity index (χ2n) is 7.92. The standard InChI is InChI=1S/C21H28N4O4/c26-19(22-13-18-7-4-12-29-18)14-23-10-8-16(9-11-23)24-15-20(27)25(21(24)28)17-5-2-1-3-6-17/h1-3,5-6,16,18H,4,7-15H2,(H,22,26). The fourth-order valence-corrected chi connectivity index (χ4v) is 4.32. The Kier molecular flexibility index (Phi) is 6.10. The zero-order valence-corrected chi connectivity index (χ0v) is 16.6. The van der Waals surface area contributed by atoms with E-state index >= 15 is 0 Å². The van der Waals surface area contributed by atoms with Crippen LogP contribution >= 0.6 is 0 Å². The highest BCUT2D eigenvalue weighted by atomic mass is 16.5. The van der Waals surface area contributed by atoms with Gasteiger partial charge < -0.3 is 15.0 Å². The van der Waals surface area contributed by atoms with Gasteiger partial charge in [-0.3, -0.25) is 14.5 Å². The molecule has 156 valence electrons. The maximum atomic E-state index is 12.8. The lowest BCUT2D eigenvalue weighted by molar-refractivity contribution is -0.123. The molecule has 8 nitrogen and oxygen atoms in total. The first-order valence-electron chi connectivity index (χ1n) is 10.4. The zero-order chi connectivity index (χ0) is 20.2. The summed E-state index contributed by atoms with van der Waals surface area (Å²) in [5.74, 6) is -0.168. The molecule has 8 heteroatoms. The van der Waals surface area contributed by atoms with Crippen LogP contribution in [0.1, 0.15) is 25.7 Å². The summed E-state index contributed by atoms with van der Waals surface area (Å²) >= 11 is 0. The van der Waals surface area contributed by atoms with Gasteiger partial charge in [0.25, 0.3) is 5.91 Å². The number of hydrogen-bond acceptors (Lipinski definition) is 5. The van der Waals surface area contributed by atoms with Gasteiger partial charge in [-0.1, -0.05) is 18.2 Å². The smallest absolute Gasteiger partial charge is 0.332 e. The maximum absolute atomic E-state index is 12.8. The van der Waals surface area contributed by atoms with E-state index in [1.807, 2.05) is 18.2 Å². The highest BCUT2D eigenvalue weighted by molar-refractivity contribution is 6.19. The van der Waals surface area contributed by atoms with E-state index in [1.165, 1.54) is 4.90 Å². The lowest BCUT2D eigenvalue weighted by Gasteiger charge is -2.35. The van der Waals surface area contributed by atoms with Gasteiger partial charge in [-0.05, 0) is 37.8 Å². The first-order valence-corrected chi connectivity index (χ1v) is 10.4. The van der Waals surface area contributed by atoms with Crippen molar-refractivity contribution in [3.05, 3.63) is 30.3 Å². The van der Waals surface area contributed by atoms with Crippen molar-refractivity contribution in [2.75, 3.05) is 44.2 Å². The van der Waals surface area contributed by atoms with Crippen LogP contribution in [-0.2, 0) is 14.3 Å². The summed E-state index contributed by atoms with van der Waals surface area (Å²) in [4.78, 5) is 42.5. The Hall–Kier alpha value is -2.45. The third kappa shape index (κ3) is 4.59. The van der Waals surface area contributed by atoms with Crippen LogP contribution in [0.2, 0.25) is 0 Å². The molecule has 29 heavy (non-hydrogen) atoms. The number of carbonyl (C=O) groups is 3. The van der Waals surface area contributed by atoms with Crippen LogP contribution in [0.5, 0.6) is 0 Å². The van der Waals surface area contributed by atoms with Crippen molar-refractivity contribution in [3.63, 3.8) is 0 Å². The molecule has 0 aliphatic carbocycles. The van der Waals surface area contributed by atoms with E-state index in [1.54, 1.807) is 17.0 Å². The molecule has 1 aromatic rings. The van der Waals surface area contributed by atoms with Crippen molar-refractivity contribution < 1.29 is 19.1 Å². The third-order valence-electron chi connectivity index (χ3n) is 5.92. The molecule has 1 aromatic carbocycles. The SMILES string of the molecule is O=C(CN1CCC(N2CC(=O)N(c3ccccc3)C2=O)CC1)NCC1CCCO1. The Labute approximate surface area is 170 Å². The molecule has 3 fully saturated rings. The van der Waals surface area contributed by atoms with Crippen LogP contribution in [0.15, 0.2) is 30.3 Å². The quantitative estimate of drug-likeness (QED) is 0.726. The number of imide groups is 1. The molecular weight excluding hydrogens is 372 g/mol. The van der Waals surface area contributed by atoms with Crippen LogP contribution in [0, 0.1) is 0 Å². The first-order chi connectivity index (χ1) is 14.1. The van der Waals surface area contributed by atoms with E-state index in [2.05, 4.69) is 10.2 Å². The van der Waals surface area contributed by atoms with Gasteiger partial charge in [0.05, 0.1) is 18.3 Å². The Morgan fingerprint density at radius 3 is 2.55 bits per heavy atom. The average molecular weight is 400 g/mol. The third-order valence-corrected chi connectivity index (χ3v) is 5.92. The summed E-state index contributed by atoms with van der Waals surface area (Å²) in [5, 5.41) is 2.95. The predicted octanol–water partition coefficient (Wildman–Crippen LogP) is 1.21. The number of nitrogens with zero attached hydrogens (tertiary/aromatic N) is 3. The van der Waals surface area contributed by atoms with Gasteiger partial charge in [0.2, 0.25) is 5.91 Å². The minimum atomic E-state index is -0.242. The molecule has 0 bridgehead atoms. The largest absolute Gasteiger partial charge is 0.376 e. The molecule has 3 aliphatic heterocycles. The molecule has 3 saturated heterocycles. The van der Waals surface area contributed by atoms with E-state index < -0.39 is 0 Å². The van der Waals surface area contributed by atoms with Crippen LogP contribution in [0.3, 0.4) is 0 Å². The number of urea groups is 1. The lowest BCUT2D eigenvalue weighted by Crippen LogP contribution is -2.49. The molecule has 3 heterocycles. The molecule has 0 radical (unpaired) electrons. The summed E-state index contributed by atoms with van der Waals surface area (Å²) in [7, 11) is 0. The number of para-hydroxylation sites is 1. The average Bonchev–Trinajstić information content (AvgIpc) is 3.35. The number of benzene rings is 1. The number of amides is 4. The number of likely N-dealkylation sites (tertiary alicyclic amines) is 1. The number of hydrogen-bond donors (Lipinski definition) is 1. The topological polar surface area (TPSA) is 82.2 Å². The van der Waals surface area contributed by atoms with Crippen molar-refractivity contribution in [2.24, 2.45) is 0 Å². The molecule has 4 rings (SSSR count). The number of piperidine rings is 1. The molecule has 3 aliphatic rings. The van der Waals surface area contributed by atoms with Crippen LogP contribution in [0.25, 0.3) is 0 Å². The lowest BCUT2D eigenvalue weighted by atomic mass is 10.0. The monoisotopic (exact) mass is 400 g/mol. The normalized spacial score (nSPS) is 23.8. The first kappa shape index (κ1) is 19.8. The number of rotatable bonds is 6. The van der Waals surface area contributed by atoms with E-state index in [4.69, 9.17) is 4.74 Å². The molecular formula is C21H28N4O4. The molecule has 0 spiro atoms. The summed E-state index contributed by atoms with van der Waals surface area (Å²) in [6.07, 6.45) is 3.75. The Bertz CT molecular complexity index is 742. The van der Waals surface area contributed by atoms with Gasteiger partial charge in [0.15, 0.2) is 0 Å². The minimum absolute atomic E-state index is 0.0154. The van der Waals surface area contributed by atoms with Gasteiger partial charge in [-0.15, -0.1) is 0 Å². The van der Waals surface area contributed by atoms with Gasteiger partial charge in [0, 0.05) is 32.3 Å². The fourth-order valence-electron chi connectivity index (χ4n) is 4.32.